The van der Waals surface area contributed by atoms with Crippen LogP contribution in [0.15, 0.2) is 16.8 Å². The minimum atomic E-state index is 0.390. The summed E-state index contributed by atoms with van der Waals surface area (Å²) in [6.07, 6.45) is 3.61. The van der Waals surface area contributed by atoms with Crippen molar-refractivity contribution in [2.75, 3.05) is 0 Å². The molecule has 0 bridgehead atoms. The number of hydrogen-bond donors (Lipinski definition) is 1. The summed E-state index contributed by atoms with van der Waals surface area (Å²) in [5.41, 5.74) is 8.08. The van der Waals surface area contributed by atoms with E-state index in [9.17, 15) is 0 Å². The van der Waals surface area contributed by atoms with Gasteiger partial charge >= 0.3 is 0 Å². The van der Waals surface area contributed by atoms with E-state index in [0.717, 1.165) is 5.92 Å². The molecular formula is C12H19NS. The zero-order chi connectivity index (χ0) is 10.2. The predicted molar refractivity (Wildman–Crippen MR) is 62.7 cm³/mol. The van der Waals surface area contributed by atoms with Crippen LogP contribution in [0.2, 0.25) is 0 Å². The molecule has 2 rings (SSSR count). The van der Waals surface area contributed by atoms with E-state index in [1.807, 2.05) is 0 Å². The molecule has 0 amide bonds. The summed E-state index contributed by atoms with van der Waals surface area (Å²) in [6.45, 7) is 4.56. The molecule has 2 N–H and O–H groups in total. The first-order chi connectivity index (χ1) is 6.74. The van der Waals surface area contributed by atoms with Gasteiger partial charge in [0.1, 0.15) is 0 Å². The zero-order valence-electron chi connectivity index (χ0n) is 8.99. The molecule has 1 aliphatic carbocycles. The fourth-order valence-corrected chi connectivity index (χ4v) is 3.74. The third-order valence-electron chi connectivity index (χ3n) is 4.18. The topological polar surface area (TPSA) is 26.0 Å². The maximum atomic E-state index is 6.18. The molecular weight excluding hydrogens is 190 g/mol. The van der Waals surface area contributed by atoms with Gasteiger partial charge in [-0.2, -0.15) is 11.3 Å². The highest BCUT2D eigenvalue weighted by atomic mass is 32.1. The summed E-state index contributed by atoms with van der Waals surface area (Å²) in [5, 5.41) is 4.46. The first-order valence-corrected chi connectivity index (χ1v) is 6.46. The molecule has 1 aromatic rings. The van der Waals surface area contributed by atoms with Crippen LogP contribution in [0, 0.1) is 5.41 Å². The van der Waals surface area contributed by atoms with E-state index in [1.54, 1.807) is 11.3 Å². The Kier molecular flexibility index (Phi) is 2.67. The van der Waals surface area contributed by atoms with Crippen LogP contribution in [0.3, 0.4) is 0 Å². The fourth-order valence-electron chi connectivity index (χ4n) is 3.03. The molecule has 1 nitrogen and oxygen atoms in total. The Labute approximate surface area is 90.3 Å². The van der Waals surface area contributed by atoms with Gasteiger partial charge in [0.15, 0.2) is 0 Å². The molecule has 14 heavy (non-hydrogen) atoms. The second kappa shape index (κ2) is 3.67. The van der Waals surface area contributed by atoms with Crippen LogP contribution < -0.4 is 5.73 Å². The van der Waals surface area contributed by atoms with E-state index in [1.165, 1.54) is 24.8 Å². The molecule has 0 radical (unpaired) electrons. The second-order valence-electron chi connectivity index (χ2n) is 4.39. The predicted octanol–water partition coefficient (Wildman–Crippen LogP) is 3.37. The van der Waals surface area contributed by atoms with Crippen LogP contribution in [0.5, 0.6) is 0 Å². The lowest BCUT2D eigenvalue weighted by molar-refractivity contribution is 0.0440. The monoisotopic (exact) mass is 209 g/mol. The normalized spacial score (nSPS) is 29.9. The van der Waals surface area contributed by atoms with Gasteiger partial charge in [-0.1, -0.05) is 13.8 Å². The maximum absolute atomic E-state index is 6.18. The van der Waals surface area contributed by atoms with Gasteiger partial charge < -0.3 is 5.73 Å². The van der Waals surface area contributed by atoms with Crippen molar-refractivity contribution >= 4 is 11.3 Å². The first kappa shape index (κ1) is 10.2. The second-order valence-corrected chi connectivity index (χ2v) is 5.17. The molecule has 0 aliphatic heterocycles. The van der Waals surface area contributed by atoms with Gasteiger partial charge in [-0.15, -0.1) is 0 Å². The van der Waals surface area contributed by atoms with Crippen LogP contribution in [0.4, 0.5) is 0 Å². The Morgan fingerprint density at radius 3 is 2.64 bits per heavy atom. The highest BCUT2D eigenvalue weighted by Crippen LogP contribution is 2.56. The van der Waals surface area contributed by atoms with Crippen molar-refractivity contribution in [2.24, 2.45) is 11.1 Å². The average molecular weight is 209 g/mol. The number of thiophene rings is 1. The van der Waals surface area contributed by atoms with Gasteiger partial charge in [-0.25, -0.2) is 0 Å². The largest absolute Gasteiger partial charge is 0.327 e. The third-order valence-corrected chi connectivity index (χ3v) is 4.89. The summed E-state index contributed by atoms with van der Waals surface area (Å²) in [5.74, 6) is 0.721. The zero-order valence-corrected chi connectivity index (χ0v) is 9.81. The van der Waals surface area contributed by atoms with E-state index < -0.39 is 0 Å². The lowest BCUT2D eigenvalue weighted by Crippen LogP contribution is -2.55. The summed E-state index contributed by atoms with van der Waals surface area (Å²) in [6, 6.07) is 2.68. The molecule has 1 fully saturated rings. The Morgan fingerprint density at radius 2 is 2.21 bits per heavy atom. The first-order valence-electron chi connectivity index (χ1n) is 5.52. The van der Waals surface area contributed by atoms with E-state index >= 15 is 0 Å². The third kappa shape index (κ3) is 1.24. The smallest absolute Gasteiger partial charge is 0.0107 e. The summed E-state index contributed by atoms with van der Waals surface area (Å²) in [7, 11) is 0. The van der Waals surface area contributed by atoms with Crippen molar-refractivity contribution in [3.05, 3.63) is 22.4 Å². The Bertz CT molecular complexity index is 287. The number of hydrogen-bond acceptors (Lipinski definition) is 2. The summed E-state index contributed by atoms with van der Waals surface area (Å²) in [4.78, 5) is 0. The highest BCUT2D eigenvalue weighted by Gasteiger charge is 2.51. The van der Waals surface area contributed by atoms with Crippen LogP contribution in [-0.2, 0) is 0 Å². The SMILES string of the molecule is CCC1(CC)C(N)CC1c1ccsc1. The van der Waals surface area contributed by atoms with Gasteiger partial charge in [-0.3, -0.25) is 0 Å². The summed E-state index contributed by atoms with van der Waals surface area (Å²) < 4.78 is 0. The van der Waals surface area contributed by atoms with E-state index in [2.05, 4.69) is 30.7 Å². The van der Waals surface area contributed by atoms with Crippen molar-refractivity contribution in [1.82, 2.24) is 0 Å². The molecule has 2 atom stereocenters. The molecule has 1 aromatic heterocycles. The Balaban J connectivity index is 2.23. The van der Waals surface area contributed by atoms with Crippen molar-refractivity contribution < 1.29 is 0 Å². The van der Waals surface area contributed by atoms with E-state index in [0.29, 0.717) is 11.5 Å². The Hall–Kier alpha value is -0.340. The van der Waals surface area contributed by atoms with Gasteiger partial charge in [0.2, 0.25) is 0 Å². The molecule has 0 aromatic carbocycles. The van der Waals surface area contributed by atoms with E-state index in [-0.39, 0.29) is 0 Å². The number of rotatable bonds is 3. The minimum absolute atomic E-state index is 0.390. The lowest BCUT2D eigenvalue weighted by atomic mass is 9.52. The van der Waals surface area contributed by atoms with Crippen LogP contribution >= 0.6 is 11.3 Å². The number of nitrogens with two attached hydrogens (primary N) is 1. The lowest BCUT2D eigenvalue weighted by Gasteiger charge is -2.54. The van der Waals surface area contributed by atoms with E-state index in [4.69, 9.17) is 5.73 Å². The van der Waals surface area contributed by atoms with Crippen LogP contribution in [0.1, 0.15) is 44.6 Å². The molecule has 0 saturated heterocycles. The van der Waals surface area contributed by atoms with Gasteiger partial charge in [0, 0.05) is 6.04 Å². The van der Waals surface area contributed by atoms with Crippen LogP contribution in [-0.4, -0.2) is 6.04 Å². The van der Waals surface area contributed by atoms with Gasteiger partial charge in [-0.05, 0) is 53.0 Å². The van der Waals surface area contributed by atoms with Crippen LogP contribution in [0.25, 0.3) is 0 Å². The van der Waals surface area contributed by atoms with Crippen molar-refractivity contribution in [2.45, 2.75) is 45.1 Å². The maximum Gasteiger partial charge on any atom is 0.0107 e. The molecule has 2 heteroatoms. The van der Waals surface area contributed by atoms with Gasteiger partial charge in [0.05, 0.1) is 0 Å². The molecule has 0 spiro atoms. The highest BCUT2D eigenvalue weighted by molar-refractivity contribution is 7.08. The van der Waals surface area contributed by atoms with Gasteiger partial charge in [0.25, 0.3) is 0 Å². The van der Waals surface area contributed by atoms with Crippen molar-refractivity contribution in [1.29, 1.82) is 0 Å². The minimum Gasteiger partial charge on any atom is -0.327 e. The molecule has 78 valence electrons. The average Bonchev–Trinajstić information content (AvgIpc) is 2.69. The Morgan fingerprint density at radius 1 is 1.50 bits per heavy atom. The quantitative estimate of drug-likeness (QED) is 0.811. The summed E-state index contributed by atoms with van der Waals surface area (Å²) >= 11 is 1.80. The van der Waals surface area contributed by atoms with Crippen molar-refractivity contribution in [3.63, 3.8) is 0 Å². The van der Waals surface area contributed by atoms with Crippen molar-refractivity contribution in [3.8, 4) is 0 Å². The molecule has 2 unspecified atom stereocenters. The molecule has 1 heterocycles. The molecule has 1 saturated carbocycles. The standard InChI is InChI=1S/C12H19NS/c1-3-12(4-2)10(7-11(12)13)9-5-6-14-8-9/h5-6,8,10-11H,3-4,7,13H2,1-2H3. The fraction of sp³-hybridized carbons (Fsp3) is 0.667. The molecule has 1 aliphatic rings.